The number of hydrogen-bond acceptors (Lipinski definition) is 6. The standard InChI is InChI=1S/C13H13NO6S2/c14-10-3-2-9-6-11(22(17,18)19)8-13(12(9)7-10)20-4-1-5-21(15)16/h2-3,5-8H,1,4,14H2,(H,17,18,19). The molecule has 0 fully saturated rings. The van der Waals surface area contributed by atoms with E-state index in [1.54, 1.807) is 18.2 Å². The van der Waals surface area contributed by atoms with Crippen molar-refractivity contribution in [3.8, 4) is 5.75 Å². The van der Waals surface area contributed by atoms with Crippen molar-refractivity contribution < 1.29 is 26.1 Å². The fraction of sp³-hybridized carbons (Fsp3) is 0.154. The van der Waals surface area contributed by atoms with Gasteiger partial charge in [-0.25, -0.2) is 0 Å². The van der Waals surface area contributed by atoms with Gasteiger partial charge in [-0.2, -0.15) is 16.8 Å². The Morgan fingerprint density at radius 1 is 1.23 bits per heavy atom. The highest BCUT2D eigenvalue weighted by Crippen LogP contribution is 2.31. The van der Waals surface area contributed by atoms with Crippen molar-refractivity contribution in [2.24, 2.45) is 0 Å². The minimum atomic E-state index is -4.39. The summed E-state index contributed by atoms with van der Waals surface area (Å²) in [5.41, 5.74) is 6.16. The predicted molar refractivity (Wildman–Crippen MR) is 83.3 cm³/mol. The summed E-state index contributed by atoms with van der Waals surface area (Å²) in [6.07, 6.45) is 0.135. The Kier molecular flexibility index (Phi) is 4.69. The summed E-state index contributed by atoms with van der Waals surface area (Å²) in [7, 11) is -6.67. The fourth-order valence-electron chi connectivity index (χ4n) is 1.90. The number of anilines is 1. The topological polar surface area (TPSA) is 124 Å². The normalized spacial score (nSPS) is 11.3. The molecule has 0 unspecified atom stereocenters. The summed E-state index contributed by atoms with van der Waals surface area (Å²) in [5, 5.41) is 2.12. The predicted octanol–water partition coefficient (Wildman–Crippen LogP) is 1.12. The second kappa shape index (κ2) is 6.34. The average Bonchev–Trinajstić information content (AvgIpc) is 2.42. The van der Waals surface area contributed by atoms with Gasteiger partial charge in [0.05, 0.1) is 11.5 Å². The number of nitrogen functional groups attached to an aromatic ring is 1. The van der Waals surface area contributed by atoms with Crippen molar-refractivity contribution in [3.05, 3.63) is 30.3 Å². The lowest BCUT2D eigenvalue weighted by molar-refractivity contribution is 0.333. The van der Waals surface area contributed by atoms with Crippen LogP contribution < -0.4 is 10.5 Å². The summed E-state index contributed by atoms with van der Waals surface area (Å²) in [6.45, 7) is 0.0345. The molecule has 0 radical (unpaired) electrons. The van der Waals surface area contributed by atoms with Crippen LogP contribution >= 0.6 is 0 Å². The number of hydrogen-bond donors (Lipinski definition) is 2. The van der Waals surface area contributed by atoms with E-state index in [1.165, 1.54) is 12.1 Å². The van der Waals surface area contributed by atoms with Gasteiger partial charge in [0.15, 0.2) is 0 Å². The van der Waals surface area contributed by atoms with E-state index in [0.29, 0.717) is 16.5 Å². The monoisotopic (exact) mass is 343 g/mol. The van der Waals surface area contributed by atoms with Gasteiger partial charge in [-0.3, -0.25) is 4.55 Å². The van der Waals surface area contributed by atoms with Crippen molar-refractivity contribution in [3.63, 3.8) is 0 Å². The van der Waals surface area contributed by atoms with Gasteiger partial charge in [-0.15, -0.1) is 0 Å². The smallest absolute Gasteiger partial charge is 0.294 e. The fourth-order valence-corrected chi connectivity index (χ4v) is 2.72. The van der Waals surface area contributed by atoms with Gasteiger partial charge < -0.3 is 10.5 Å². The molecule has 2 aromatic carbocycles. The number of ether oxygens (including phenoxy) is 1. The molecule has 0 saturated carbocycles. The molecule has 9 heteroatoms. The van der Waals surface area contributed by atoms with Crippen LogP contribution in [-0.4, -0.2) is 33.4 Å². The summed E-state index contributed by atoms with van der Waals surface area (Å²) >= 11 is 0. The van der Waals surface area contributed by atoms with E-state index in [0.717, 1.165) is 5.37 Å². The lowest BCUT2D eigenvalue weighted by atomic mass is 10.1. The molecule has 2 aromatic rings. The lowest BCUT2D eigenvalue weighted by Crippen LogP contribution is -2.03. The molecule has 7 nitrogen and oxygen atoms in total. The third kappa shape index (κ3) is 3.97. The molecule has 118 valence electrons. The quantitative estimate of drug-likeness (QED) is 0.361. The van der Waals surface area contributed by atoms with Crippen molar-refractivity contribution in [2.75, 3.05) is 12.3 Å². The first-order valence-electron chi connectivity index (χ1n) is 6.12. The zero-order valence-electron chi connectivity index (χ0n) is 11.3. The van der Waals surface area contributed by atoms with Gasteiger partial charge in [-0.1, -0.05) is 6.07 Å². The van der Waals surface area contributed by atoms with Gasteiger partial charge in [0, 0.05) is 28.9 Å². The zero-order valence-corrected chi connectivity index (χ0v) is 12.9. The highest BCUT2D eigenvalue weighted by molar-refractivity contribution is 7.85. The summed E-state index contributed by atoms with van der Waals surface area (Å²) < 4.78 is 58.0. The molecule has 0 bridgehead atoms. The van der Waals surface area contributed by atoms with Gasteiger partial charge in [0.1, 0.15) is 5.75 Å². The largest absolute Gasteiger partial charge is 0.493 e. The van der Waals surface area contributed by atoms with Crippen LogP contribution in [0.15, 0.2) is 35.2 Å². The molecule has 3 N–H and O–H groups in total. The zero-order chi connectivity index (χ0) is 16.3. The highest BCUT2D eigenvalue weighted by Gasteiger charge is 2.14. The van der Waals surface area contributed by atoms with Crippen LogP contribution in [0.4, 0.5) is 5.69 Å². The van der Waals surface area contributed by atoms with Crippen LogP contribution in [0.2, 0.25) is 0 Å². The number of rotatable bonds is 5. The number of benzene rings is 2. The van der Waals surface area contributed by atoms with Crippen molar-refractivity contribution in [1.82, 2.24) is 0 Å². The Bertz CT molecular complexity index is 940. The Balaban J connectivity index is 2.48. The van der Waals surface area contributed by atoms with Gasteiger partial charge in [0.2, 0.25) is 10.3 Å². The second-order valence-corrected chi connectivity index (χ2v) is 6.72. The van der Waals surface area contributed by atoms with Crippen LogP contribution in [0.1, 0.15) is 6.42 Å². The lowest BCUT2D eigenvalue weighted by Gasteiger charge is -2.11. The molecule has 0 spiro atoms. The SMILES string of the molecule is Nc1ccc2cc(S(=O)(=O)O)cc(OCCC=S(=O)=O)c2c1. The van der Waals surface area contributed by atoms with E-state index in [1.807, 2.05) is 0 Å². The Hall–Kier alpha value is -2.10. The van der Waals surface area contributed by atoms with Crippen LogP contribution in [0.25, 0.3) is 10.8 Å². The number of fused-ring (bicyclic) bond motifs is 1. The first-order chi connectivity index (χ1) is 10.3. The molecule has 0 aliphatic heterocycles. The third-order valence-corrected chi connectivity index (χ3v) is 4.18. The molecular formula is C13H13NO6S2. The Labute approximate surface area is 128 Å². The number of nitrogens with two attached hydrogens (primary N) is 1. The molecule has 0 aliphatic carbocycles. The summed E-state index contributed by atoms with van der Waals surface area (Å²) in [6, 6.07) is 7.27. The molecule has 0 aromatic heterocycles. The van der Waals surface area contributed by atoms with Gasteiger partial charge in [0.25, 0.3) is 10.1 Å². The molecule has 0 saturated heterocycles. The second-order valence-electron chi connectivity index (χ2n) is 4.44. The minimum Gasteiger partial charge on any atom is -0.493 e. The van der Waals surface area contributed by atoms with Gasteiger partial charge in [-0.05, 0) is 23.6 Å². The first-order valence-corrected chi connectivity index (χ1v) is 8.70. The van der Waals surface area contributed by atoms with Crippen molar-refractivity contribution in [1.29, 1.82) is 0 Å². The maximum Gasteiger partial charge on any atom is 0.294 e. The summed E-state index contributed by atoms with van der Waals surface area (Å²) in [4.78, 5) is -0.309. The maximum absolute atomic E-state index is 11.3. The van der Waals surface area contributed by atoms with Crippen LogP contribution in [0, 0.1) is 0 Å². The van der Waals surface area contributed by atoms with E-state index >= 15 is 0 Å². The van der Waals surface area contributed by atoms with E-state index in [-0.39, 0.29) is 23.7 Å². The minimum absolute atomic E-state index is 0.0345. The molecule has 22 heavy (non-hydrogen) atoms. The Morgan fingerprint density at radius 2 is 1.95 bits per heavy atom. The average molecular weight is 343 g/mol. The van der Waals surface area contributed by atoms with Crippen LogP contribution in [-0.2, 0) is 20.4 Å². The van der Waals surface area contributed by atoms with Crippen molar-refractivity contribution in [2.45, 2.75) is 11.3 Å². The van der Waals surface area contributed by atoms with Crippen LogP contribution in [0.3, 0.4) is 0 Å². The van der Waals surface area contributed by atoms with Gasteiger partial charge >= 0.3 is 0 Å². The highest BCUT2D eigenvalue weighted by atomic mass is 32.2. The molecule has 0 atom stereocenters. The van der Waals surface area contributed by atoms with E-state index in [4.69, 9.17) is 10.5 Å². The van der Waals surface area contributed by atoms with Crippen LogP contribution in [0.5, 0.6) is 5.75 Å². The molecule has 0 amide bonds. The van der Waals surface area contributed by atoms with E-state index < -0.39 is 20.4 Å². The Morgan fingerprint density at radius 3 is 2.59 bits per heavy atom. The molecule has 2 rings (SSSR count). The third-order valence-electron chi connectivity index (χ3n) is 2.84. The molecular weight excluding hydrogens is 330 g/mol. The van der Waals surface area contributed by atoms with Crippen molar-refractivity contribution >= 4 is 42.2 Å². The molecule has 0 aliphatic rings. The van der Waals surface area contributed by atoms with E-state index in [9.17, 15) is 21.4 Å². The summed E-state index contributed by atoms with van der Waals surface area (Å²) in [5.74, 6) is 0.197. The maximum atomic E-state index is 11.3. The first kappa shape index (κ1) is 16.3. The van der Waals surface area contributed by atoms with E-state index in [2.05, 4.69) is 0 Å². The molecule has 0 heterocycles.